The quantitative estimate of drug-likeness (QED) is 0.483. The number of aromatic nitrogens is 2. The lowest BCUT2D eigenvalue weighted by molar-refractivity contribution is 0.408. The third-order valence-electron chi connectivity index (χ3n) is 0.979. The van der Waals surface area contributed by atoms with Gasteiger partial charge in [0.1, 0.15) is 0 Å². The second-order valence-corrected chi connectivity index (χ2v) is 1.77. The zero-order chi connectivity index (χ0) is 7.23. The fourth-order valence-electron chi connectivity index (χ4n) is 0.556. The number of nitrogens with zero attached hydrogens (tertiary/aromatic N) is 2. The molecule has 1 aromatic heterocycles. The summed E-state index contributed by atoms with van der Waals surface area (Å²) in [6, 6.07) is 0. The molecular weight excluding hydrogens is 130 g/mol. The van der Waals surface area contributed by atoms with E-state index in [2.05, 4.69) is 26.6 Å². The average Bonchev–Trinajstić information content (AvgIpc) is 2.41. The highest BCUT2D eigenvalue weighted by atomic mass is 16.5. The highest BCUT2D eigenvalue weighted by Gasteiger charge is 1.93. The molecule has 1 aromatic rings. The largest absolute Gasteiger partial charge is 0.343 e. The predicted octanol–water partition coefficient (Wildman–Crippen LogP) is 0.345. The summed E-state index contributed by atoms with van der Waals surface area (Å²) in [5, 5.41) is 6.64. The number of rotatable bonds is 4. The Hall–Kier alpha value is -1.16. The van der Waals surface area contributed by atoms with Gasteiger partial charge in [-0.15, -0.1) is 6.58 Å². The monoisotopic (exact) mass is 139 g/mol. The van der Waals surface area contributed by atoms with Crippen LogP contribution in [0.1, 0.15) is 5.82 Å². The molecule has 0 aliphatic carbocycles. The molecule has 0 spiro atoms. The molecule has 0 aliphatic rings. The molecule has 54 valence electrons. The van der Waals surface area contributed by atoms with Crippen molar-refractivity contribution in [2.75, 3.05) is 6.54 Å². The summed E-state index contributed by atoms with van der Waals surface area (Å²) in [5.74, 6) is 0.668. The van der Waals surface area contributed by atoms with Gasteiger partial charge in [0.2, 0.25) is 6.39 Å². The van der Waals surface area contributed by atoms with Crippen molar-refractivity contribution in [3.05, 3.63) is 24.9 Å². The van der Waals surface area contributed by atoms with Crippen LogP contribution in [0.4, 0.5) is 0 Å². The Kier molecular flexibility index (Phi) is 2.63. The Morgan fingerprint density at radius 1 is 1.80 bits per heavy atom. The van der Waals surface area contributed by atoms with Gasteiger partial charge in [-0.2, -0.15) is 4.98 Å². The van der Waals surface area contributed by atoms with Crippen molar-refractivity contribution in [2.24, 2.45) is 0 Å². The first-order valence-electron chi connectivity index (χ1n) is 3.00. The van der Waals surface area contributed by atoms with Gasteiger partial charge in [0.25, 0.3) is 0 Å². The Bertz CT molecular complexity index is 183. The van der Waals surface area contributed by atoms with Crippen LogP contribution in [0.5, 0.6) is 0 Å². The second kappa shape index (κ2) is 3.79. The van der Waals surface area contributed by atoms with Crippen LogP contribution in [-0.2, 0) is 6.54 Å². The van der Waals surface area contributed by atoms with E-state index in [0.717, 1.165) is 6.54 Å². The Morgan fingerprint density at radius 2 is 2.70 bits per heavy atom. The van der Waals surface area contributed by atoms with E-state index >= 15 is 0 Å². The van der Waals surface area contributed by atoms with Crippen LogP contribution in [0.2, 0.25) is 0 Å². The van der Waals surface area contributed by atoms with E-state index in [1.807, 2.05) is 0 Å². The molecular formula is C6H9N3O. The lowest BCUT2D eigenvalue weighted by Gasteiger charge is -1.92. The van der Waals surface area contributed by atoms with Gasteiger partial charge in [0.05, 0.1) is 6.54 Å². The number of hydrogen-bond acceptors (Lipinski definition) is 4. The first kappa shape index (κ1) is 6.95. The van der Waals surface area contributed by atoms with Gasteiger partial charge in [-0.05, 0) is 0 Å². The summed E-state index contributed by atoms with van der Waals surface area (Å²) in [6.07, 6.45) is 3.09. The lowest BCUT2D eigenvalue weighted by Crippen LogP contribution is -2.13. The molecule has 0 aliphatic heterocycles. The normalized spacial score (nSPS) is 9.60. The van der Waals surface area contributed by atoms with Crippen LogP contribution in [0.25, 0.3) is 0 Å². The van der Waals surface area contributed by atoms with Crippen molar-refractivity contribution in [1.82, 2.24) is 15.5 Å². The maximum atomic E-state index is 4.52. The van der Waals surface area contributed by atoms with E-state index < -0.39 is 0 Å². The molecule has 1 N–H and O–H groups in total. The van der Waals surface area contributed by atoms with Crippen LogP contribution < -0.4 is 5.32 Å². The highest BCUT2D eigenvalue weighted by Crippen LogP contribution is 1.85. The molecule has 0 aromatic carbocycles. The van der Waals surface area contributed by atoms with E-state index in [1.165, 1.54) is 6.39 Å². The smallest absolute Gasteiger partial charge is 0.213 e. The third kappa shape index (κ3) is 1.99. The van der Waals surface area contributed by atoms with E-state index in [0.29, 0.717) is 12.4 Å². The summed E-state index contributed by atoms with van der Waals surface area (Å²) < 4.78 is 4.52. The summed E-state index contributed by atoms with van der Waals surface area (Å²) >= 11 is 0. The second-order valence-electron chi connectivity index (χ2n) is 1.77. The molecule has 4 nitrogen and oxygen atoms in total. The summed E-state index contributed by atoms with van der Waals surface area (Å²) in [4.78, 5) is 3.81. The fraction of sp³-hybridized carbons (Fsp3) is 0.333. The zero-order valence-electron chi connectivity index (χ0n) is 5.58. The highest BCUT2D eigenvalue weighted by molar-refractivity contribution is 4.78. The van der Waals surface area contributed by atoms with Crippen molar-refractivity contribution < 1.29 is 4.52 Å². The lowest BCUT2D eigenvalue weighted by atomic mass is 10.5. The van der Waals surface area contributed by atoms with Gasteiger partial charge in [0, 0.05) is 6.54 Å². The van der Waals surface area contributed by atoms with Gasteiger partial charge >= 0.3 is 0 Å². The molecule has 0 saturated carbocycles. The van der Waals surface area contributed by atoms with Gasteiger partial charge in [-0.1, -0.05) is 11.2 Å². The number of hydrogen-bond donors (Lipinski definition) is 1. The third-order valence-corrected chi connectivity index (χ3v) is 0.979. The molecule has 0 fully saturated rings. The van der Waals surface area contributed by atoms with E-state index in [1.54, 1.807) is 6.08 Å². The Labute approximate surface area is 58.9 Å². The minimum atomic E-state index is 0.628. The molecule has 4 heteroatoms. The van der Waals surface area contributed by atoms with E-state index in [4.69, 9.17) is 0 Å². The SMILES string of the molecule is C=CCNCc1ncon1. The van der Waals surface area contributed by atoms with Gasteiger partial charge < -0.3 is 9.84 Å². The molecule has 0 radical (unpaired) electrons. The fourth-order valence-corrected chi connectivity index (χ4v) is 0.556. The molecule has 0 unspecified atom stereocenters. The zero-order valence-corrected chi connectivity index (χ0v) is 5.58. The van der Waals surface area contributed by atoms with E-state index in [-0.39, 0.29) is 0 Å². The summed E-state index contributed by atoms with van der Waals surface area (Å²) in [6.45, 7) is 4.94. The molecule has 0 atom stereocenters. The Balaban J connectivity index is 2.21. The van der Waals surface area contributed by atoms with Gasteiger partial charge in [-0.3, -0.25) is 0 Å². The summed E-state index contributed by atoms with van der Waals surface area (Å²) in [5.41, 5.74) is 0. The average molecular weight is 139 g/mol. The maximum Gasteiger partial charge on any atom is 0.213 e. The first-order valence-corrected chi connectivity index (χ1v) is 3.00. The molecule has 0 bridgehead atoms. The number of nitrogens with one attached hydrogen (secondary N) is 1. The topological polar surface area (TPSA) is 51.0 Å². The predicted molar refractivity (Wildman–Crippen MR) is 36.2 cm³/mol. The molecule has 0 amide bonds. The van der Waals surface area contributed by atoms with Crippen LogP contribution in [0.3, 0.4) is 0 Å². The minimum Gasteiger partial charge on any atom is -0.343 e. The van der Waals surface area contributed by atoms with Crippen LogP contribution in [-0.4, -0.2) is 16.7 Å². The first-order chi connectivity index (χ1) is 4.93. The van der Waals surface area contributed by atoms with Crippen molar-refractivity contribution in [3.63, 3.8) is 0 Å². The van der Waals surface area contributed by atoms with Crippen LogP contribution >= 0.6 is 0 Å². The van der Waals surface area contributed by atoms with Crippen molar-refractivity contribution in [1.29, 1.82) is 0 Å². The van der Waals surface area contributed by atoms with Crippen LogP contribution in [0.15, 0.2) is 23.6 Å². The maximum absolute atomic E-state index is 4.52. The van der Waals surface area contributed by atoms with Crippen molar-refractivity contribution in [2.45, 2.75) is 6.54 Å². The molecule has 10 heavy (non-hydrogen) atoms. The van der Waals surface area contributed by atoms with E-state index in [9.17, 15) is 0 Å². The van der Waals surface area contributed by atoms with Gasteiger partial charge in [-0.25, -0.2) is 0 Å². The van der Waals surface area contributed by atoms with Gasteiger partial charge in [0.15, 0.2) is 5.82 Å². The summed E-state index contributed by atoms with van der Waals surface area (Å²) in [7, 11) is 0. The van der Waals surface area contributed by atoms with Crippen molar-refractivity contribution >= 4 is 0 Å². The van der Waals surface area contributed by atoms with Crippen LogP contribution in [0, 0.1) is 0 Å². The standard InChI is InChI=1S/C6H9N3O/c1-2-3-7-4-6-8-5-10-9-6/h2,5,7H,1,3-4H2. The molecule has 0 saturated heterocycles. The molecule has 1 rings (SSSR count). The Morgan fingerprint density at radius 3 is 3.30 bits per heavy atom. The minimum absolute atomic E-state index is 0.628. The molecule has 1 heterocycles. The van der Waals surface area contributed by atoms with Crippen molar-refractivity contribution in [3.8, 4) is 0 Å².